The number of carbonyl (C=O) groups excluding carboxylic acids is 2. The van der Waals surface area contributed by atoms with E-state index in [1.54, 1.807) is 13.0 Å². The minimum Gasteiger partial charge on any atom is -0.504 e. The van der Waals surface area contributed by atoms with Crippen molar-refractivity contribution >= 4 is 57.2 Å². The van der Waals surface area contributed by atoms with Crippen molar-refractivity contribution in [1.82, 2.24) is 24.5 Å². The van der Waals surface area contributed by atoms with Gasteiger partial charge in [-0.05, 0) is 25.1 Å². The predicted molar refractivity (Wildman–Crippen MR) is 144 cm³/mol. The van der Waals surface area contributed by atoms with Crippen LogP contribution in [-0.2, 0) is 29.9 Å². The summed E-state index contributed by atoms with van der Waals surface area (Å²) in [5.41, 5.74) is 6.80. The maximum Gasteiger partial charge on any atom is 0.512 e. The average Bonchev–Trinajstić information content (AvgIpc) is 3.32. The Kier molecular flexibility index (Phi) is 8.16. The van der Waals surface area contributed by atoms with E-state index in [2.05, 4.69) is 19.8 Å². The Morgan fingerprint density at radius 1 is 1.23 bits per heavy atom. The van der Waals surface area contributed by atoms with Gasteiger partial charge >= 0.3 is 18.3 Å². The lowest BCUT2D eigenvalue weighted by atomic mass is 10.1. The molecule has 2 atom stereocenters. The molecule has 4 N–H and O–H groups in total. The van der Waals surface area contributed by atoms with E-state index in [1.807, 2.05) is 0 Å². The Balaban J connectivity index is 1.37. The molecule has 0 radical (unpaired) electrons. The summed E-state index contributed by atoms with van der Waals surface area (Å²) < 4.78 is 73.7. The van der Waals surface area contributed by atoms with Crippen LogP contribution >= 0.6 is 23.5 Å². The highest BCUT2D eigenvalue weighted by Crippen LogP contribution is 2.41. The molecule has 1 amide bonds. The zero-order valence-electron chi connectivity index (χ0n) is 22.0. The number of carboxylic acid groups (broad SMARTS) is 1. The molecule has 1 aromatic carbocycles. The summed E-state index contributed by atoms with van der Waals surface area (Å²) in [6, 6.07) is 3.03. The highest BCUT2D eigenvalue weighted by Gasteiger charge is 2.51. The van der Waals surface area contributed by atoms with E-state index in [4.69, 9.17) is 10.5 Å². The van der Waals surface area contributed by atoms with Crippen LogP contribution in [0.3, 0.4) is 0 Å². The number of nitrogens with two attached hydrogens (primary N) is 1. The number of phenols is 1. The van der Waals surface area contributed by atoms with E-state index < -0.39 is 67.6 Å². The highest BCUT2D eigenvalue weighted by atomic mass is 32.2. The molecule has 0 spiro atoms. The number of nitrogens with zero attached hydrogens (tertiary/aromatic N) is 5. The lowest BCUT2D eigenvalue weighted by molar-refractivity contribution is -0.189. The molecule has 44 heavy (non-hydrogen) atoms. The first-order valence-corrected chi connectivity index (χ1v) is 15.8. The lowest BCUT2D eigenvalue weighted by Gasteiger charge is -2.47. The maximum atomic E-state index is 13.0. The summed E-state index contributed by atoms with van der Waals surface area (Å²) >= 11 is 2.52. The Hall–Kier alpha value is -4.08. The first-order valence-electron chi connectivity index (χ1n) is 12.1. The number of hydrogen-bond acceptors (Lipinski definition) is 14. The molecule has 0 bridgehead atoms. The van der Waals surface area contributed by atoms with E-state index >= 15 is 0 Å². The SMILES string of the molecule is Cc1cc(SCC2=C(OC(=O)O)N3C(=O)[C@@H](N)[C@H]3SC2)n2nc(CS(=O)(=O)c3ccc(OC(=O)C(F)(F)F)c(O)c3)nc2n1. The molecule has 1 fully saturated rings. The van der Waals surface area contributed by atoms with Crippen LogP contribution in [0.4, 0.5) is 18.0 Å². The number of aromatic hydroxyl groups is 1. The molecule has 0 unspecified atom stereocenters. The summed E-state index contributed by atoms with van der Waals surface area (Å²) in [5.74, 6) is -5.58. The standard InChI is InChI=1S/C23H19F3N6O9S3/c1-9-4-15(42-6-10-7-43-19-16(27)17(34)31(19)18(10)41-22(36)37)32-21(28-9)29-14(30-32)8-44(38,39)11-2-3-13(12(33)5-11)40-20(35)23(24,25)26/h2-5,16,19,33H,6-8,27H2,1H3,(H,36,37)/t16-,19-/m1/s1. The number of thioether (sulfide) groups is 2. The number of phenolic OH excluding ortho intramolecular Hbond substituents is 1. The van der Waals surface area contributed by atoms with Gasteiger partial charge in [0.2, 0.25) is 11.8 Å². The molecule has 234 valence electrons. The van der Waals surface area contributed by atoms with Crippen molar-refractivity contribution < 1.29 is 55.7 Å². The molecule has 2 aromatic heterocycles. The largest absolute Gasteiger partial charge is 0.512 e. The summed E-state index contributed by atoms with van der Waals surface area (Å²) in [4.78, 5) is 43.7. The van der Waals surface area contributed by atoms with Gasteiger partial charge < -0.3 is 25.4 Å². The van der Waals surface area contributed by atoms with Crippen LogP contribution in [-0.4, -0.2) is 90.2 Å². The Bertz CT molecular complexity index is 1850. The van der Waals surface area contributed by atoms with Gasteiger partial charge in [0.25, 0.3) is 5.78 Å². The molecular formula is C23H19F3N6O9S3. The number of benzene rings is 1. The molecule has 21 heteroatoms. The topological polar surface area (TPSA) is 217 Å². The van der Waals surface area contributed by atoms with Crippen molar-refractivity contribution in [3.8, 4) is 11.5 Å². The van der Waals surface area contributed by atoms with Crippen LogP contribution in [0.5, 0.6) is 11.5 Å². The van der Waals surface area contributed by atoms with Gasteiger partial charge in [-0.25, -0.2) is 23.0 Å². The Morgan fingerprint density at radius 2 is 1.95 bits per heavy atom. The number of β-lactam (4-membered cyclic amide) rings is 1. The molecule has 5 rings (SSSR count). The van der Waals surface area contributed by atoms with Crippen LogP contribution < -0.4 is 10.5 Å². The Morgan fingerprint density at radius 3 is 2.61 bits per heavy atom. The number of hydrogen-bond donors (Lipinski definition) is 3. The third-order valence-electron chi connectivity index (χ3n) is 6.11. The van der Waals surface area contributed by atoms with Crippen LogP contribution in [0.2, 0.25) is 0 Å². The molecule has 15 nitrogen and oxygen atoms in total. The first-order chi connectivity index (χ1) is 20.5. The number of rotatable bonds is 8. The van der Waals surface area contributed by atoms with E-state index in [-0.39, 0.29) is 23.2 Å². The number of amides is 1. The van der Waals surface area contributed by atoms with Gasteiger partial charge in [-0.2, -0.15) is 22.7 Å². The van der Waals surface area contributed by atoms with Gasteiger partial charge in [-0.3, -0.25) is 9.69 Å². The van der Waals surface area contributed by atoms with Gasteiger partial charge in [0.1, 0.15) is 22.2 Å². The second-order valence-corrected chi connectivity index (χ2v) is 13.3. The maximum absolute atomic E-state index is 13.0. The first kappa shape index (κ1) is 31.3. The van der Waals surface area contributed by atoms with Crippen LogP contribution in [0.1, 0.15) is 11.5 Å². The number of esters is 1. The van der Waals surface area contributed by atoms with E-state index in [0.29, 0.717) is 34.2 Å². The fourth-order valence-corrected chi connectivity index (χ4v) is 7.76. The van der Waals surface area contributed by atoms with Crippen molar-refractivity contribution in [3.63, 3.8) is 0 Å². The van der Waals surface area contributed by atoms with Crippen LogP contribution in [0.25, 0.3) is 5.78 Å². The van der Waals surface area contributed by atoms with E-state index in [0.717, 1.165) is 6.07 Å². The number of carbonyl (C=O) groups is 3. The fourth-order valence-electron chi connectivity index (χ4n) is 4.11. The van der Waals surface area contributed by atoms with Gasteiger partial charge in [0.05, 0.1) is 4.90 Å². The number of aromatic nitrogens is 4. The number of halogens is 3. The van der Waals surface area contributed by atoms with Crippen molar-refractivity contribution in [2.75, 3.05) is 11.5 Å². The molecule has 3 aromatic rings. The zero-order valence-corrected chi connectivity index (χ0v) is 24.5. The van der Waals surface area contributed by atoms with Gasteiger partial charge in [0.15, 0.2) is 27.2 Å². The van der Waals surface area contributed by atoms with Gasteiger partial charge in [-0.1, -0.05) is 0 Å². The summed E-state index contributed by atoms with van der Waals surface area (Å²) in [6.07, 6.45) is -6.93. The second-order valence-electron chi connectivity index (χ2n) is 9.25. The predicted octanol–water partition coefficient (Wildman–Crippen LogP) is 1.82. The fraction of sp³-hybridized carbons (Fsp3) is 0.304. The number of aryl methyl sites for hydroxylation is 1. The van der Waals surface area contributed by atoms with E-state index in [9.17, 15) is 46.2 Å². The van der Waals surface area contributed by atoms with Gasteiger partial charge in [-0.15, -0.1) is 28.6 Å². The third kappa shape index (κ3) is 6.12. The minimum absolute atomic E-state index is 0.0351. The quantitative estimate of drug-likeness (QED) is 0.102. The molecular weight excluding hydrogens is 657 g/mol. The summed E-state index contributed by atoms with van der Waals surface area (Å²) in [7, 11) is -4.27. The number of alkyl halides is 3. The highest BCUT2D eigenvalue weighted by molar-refractivity contribution is 8.01. The van der Waals surface area contributed by atoms with Crippen molar-refractivity contribution in [3.05, 3.63) is 47.2 Å². The second kappa shape index (κ2) is 11.4. The zero-order chi connectivity index (χ0) is 32.1. The van der Waals surface area contributed by atoms with Crippen LogP contribution in [0.15, 0.2) is 45.6 Å². The monoisotopic (exact) mass is 676 g/mol. The van der Waals surface area contributed by atoms with Gasteiger partial charge in [0, 0.05) is 28.8 Å². The van der Waals surface area contributed by atoms with Crippen molar-refractivity contribution in [1.29, 1.82) is 0 Å². The van der Waals surface area contributed by atoms with E-state index in [1.165, 1.54) is 32.9 Å². The molecule has 1 saturated heterocycles. The number of ether oxygens (including phenoxy) is 2. The number of fused-ring (bicyclic) bond motifs is 2. The Labute approximate surface area is 253 Å². The van der Waals surface area contributed by atoms with Crippen LogP contribution in [0, 0.1) is 6.92 Å². The molecule has 4 heterocycles. The lowest BCUT2D eigenvalue weighted by Crippen LogP contribution is -2.68. The van der Waals surface area contributed by atoms with Crippen molar-refractivity contribution in [2.45, 2.75) is 40.2 Å². The summed E-state index contributed by atoms with van der Waals surface area (Å²) in [5, 5.41) is 23.4. The third-order valence-corrected chi connectivity index (χ3v) is 10.2. The van der Waals surface area contributed by atoms with Crippen molar-refractivity contribution in [2.24, 2.45) is 5.73 Å². The number of sulfone groups is 1. The molecule has 2 aliphatic rings. The minimum atomic E-state index is -5.33. The smallest absolute Gasteiger partial charge is 0.504 e. The molecule has 0 saturated carbocycles. The molecule has 0 aliphatic carbocycles. The summed E-state index contributed by atoms with van der Waals surface area (Å²) in [6.45, 7) is 1.66. The molecule has 2 aliphatic heterocycles. The normalized spacial score (nSPS) is 18.7. The average molecular weight is 677 g/mol.